The number of halogens is 2. The lowest BCUT2D eigenvalue weighted by Crippen LogP contribution is -2.43. The Morgan fingerprint density at radius 2 is 2.19 bits per heavy atom. The summed E-state index contributed by atoms with van der Waals surface area (Å²) < 4.78 is 18.9. The zero-order valence-corrected chi connectivity index (χ0v) is 15.8. The molecule has 1 aromatic heterocycles. The van der Waals surface area contributed by atoms with Crippen molar-refractivity contribution in [2.45, 2.75) is 38.8 Å². The van der Waals surface area contributed by atoms with Gasteiger partial charge in [-0.25, -0.2) is 4.39 Å². The van der Waals surface area contributed by atoms with Crippen molar-refractivity contribution in [2.24, 2.45) is 4.99 Å². The van der Waals surface area contributed by atoms with Gasteiger partial charge in [-0.3, -0.25) is 4.99 Å². The highest BCUT2D eigenvalue weighted by atomic mass is 35.5. The number of rotatable bonds is 8. The first-order valence-electron chi connectivity index (χ1n) is 8.69. The molecule has 0 aliphatic heterocycles. The zero-order valence-electron chi connectivity index (χ0n) is 15.0. The second-order valence-electron chi connectivity index (χ2n) is 6.09. The van der Waals surface area contributed by atoms with Gasteiger partial charge in [0.05, 0.1) is 23.9 Å². The monoisotopic (exact) mass is 381 g/mol. The summed E-state index contributed by atoms with van der Waals surface area (Å²) >= 11 is 5.67. The molecule has 0 saturated heterocycles. The van der Waals surface area contributed by atoms with Crippen LogP contribution in [-0.4, -0.2) is 30.2 Å². The molecule has 142 valence electrons. The standard InChI is InChI=1S/C19H25ClFN3O2/c1-3-13(2)24-19(22-9-8-15-5-4-10-26-15)23-12-18(25)14-6-7-16(20)17(21)11-14/h4-7,10-11,13,18,25H,3,8-9,12H2,1-2H3,(H2,22,23,24). The van der Waals surface area contributed by atoms with E-state index in [9.17, 15) is 9.50 Å². The van der Waals surface area contributed by atoms with Gasteiger partial charge < -0.3 is 20.2 Å². The minimum absolute atomic E-state index is 0.0307. The molecule has 0 radical (unpaired) electrons. The summed E-state index contributed by atoms with van der Waals surface area (Å²) in [6.07, 6.45) is 2.38. The van der Waals surface area contributed by atoms with Gasteiger partial charge in [0.15, 0.2) is 5.96 Å². The molecule has 2 atom stereocenters. The summed E-state index contributed by atoms with van der Waals surface area (Å²) in [4.78, 5) is 4.42. The molecule has 1 heterocycles. The number of nitrogens with one attached hydrogen (secondary N) is 2. The SMILES string of the molecule is CCC(C)NC(=NCC(O)c1ccc(Cl)c(F)c1)NCCc1ccco1. The Morgan fingerprint density at radius 3 is 2.85 bits per heavy atom. The van der Waals surface area contributed by atoms with Crippen molar-refractivity contribution in [3.63, 3.8) is 0 Å². The quantitative estimate of drug-likeness (QED) is 0.482. The van der Waals surface area contributed by atoms with Crippen molar-refractivity contribution in [1.29, 1.82) is 0 Å². The van der Waals surface area contributed by atoms with Gasteiger partial charge in [0.2, 0.25) is 0 Å². The van der Waals surface area contributed by atoms with E-state index in [2.05, 4.69) is 29.5 Å². The smallest absolute Gasteiger partial charge is 0.191 e. The number of aliphatic imine (C=N–C) groups is 1. The Morgan fingerprint density at radius 1 is 1.38 bits per heavy atom. The molecule has 1 aromatic carbocycles. The average Bonchev–Trinajstić information content (AvgIpc) is 3.14. The lowest BCUT2D eigenvalue weighted by atomic mass is 10.1. The summed E-state index contributed by atoms with van der Waals surface area (Å²) in [6, 6.07) is 8.25. The van der Waals surface area contributed by atoms with Crippen LogP contribution in [-0.2, 0) is 6.42 Å². The molecule has 2 rings (SSSR count). The topological polar surface area (TPSA) is 69.8 Å². The summed E-state index contributed by atoms with van der Waals surface area (Å²) in [7, 11) is 0. The van der Waals surface area contributed by atoms with E-state index < -0.39 is 11.9 Å². The minimum Gasteiger partial charge on any atom is -0.469 e. The summed E-state index contributed by atoms with van der Waals surface area (Å²) in [5, 5.41) is 16.8. The van der Waals surface area contributed by atoms with E-state index in [4.69, 9.17) is 16.0 Å². The van der Waals surface area contributed by atoms with E-state index in [0.717, 1.165) is 18.6 Å². The molecule has 5 nitrogen and oxygen atoms in total. The van der Waals surface area contributed by atoms with Crippen LogP contribution >= 0.6 is 11.6 Å². The molecule has 0 spiro atoms. The molecule has 0 bridgehead atoms. The van der Waals surface area contributed by atoms with Crippen LogP contribution in [0.2, 0.25) is 5.02 Å². The molecule has 2 aromatic rings. The second kappa shape index (κ2) is 10.2. The predicted molar refractivity (Wildman–Crippen MR) is 102 cm³/mol. The van der Waals surface area contributed by atoms with Crippen LogP contribution in [0.4, 0.5) is 4.39 Å². The highest BCUT2D eigenvalue weighted by molar-refractivity contribution is 6.30. The Hall–Kier alpha value is -2.05. The van der Waals surface area contributed by atoms with Gasteiger partial charge in [0.25, 0.3) is 0 Å². The van der Waals surface area contributed by atoms with Crippen molar-refractivity contribution in [3.05, 3.63) is 58.8 Å². The van der Waals surface area contributed by atoms with E-state index >= 15 is 0 Å². The molecular formula is C19H25ClFN3O2. The Bertz CT molecular complexity index is 707. The summed E-state index contributed by atoms with van der Waals surface area (Å²) in [5.41, 5.74) is 0.439. The second-order valence-corrected chi connectivity index (χ2v) is 6.50. The first kappa shape index (κ1) is 20.3. The van der Waals surface area contributed by atoms with E-state index in [-0.39, 0.29) is 17.6 Å². The lowest BCUT2D eigenvalue weighted by molar-refractivity contribution is 0.186. The fraction of sp³-hybridized carbons (Fsp3) is 0.421. The van der Waals surface area contributed by atoms with Crippen LogP contribution in [0.15, 0.2) is 46.0 Å². The van der Waals surface area contributed by atoms with Crippen molar-refractivity contribution < 1.29 is 13.9 Å². The van der Waals surface area contributed by atoms with Gasteiger partial charge >= 0.3 is 0 Å². The number of furan rings is 1. The third kappa shape index (κ3) is 6.35. The van der Waals surface area contributed by atoms with Crippen LogP contribution in [0.3, 0.4) is 0 Å². The van der Waals surface area contributed by atoms with Crippen molar-refractivity contribution in [3.8, 4) is 0 Å². The number of aliphatic hydroxyl groups is 1. The third-order valence-electron chi connectivity index (χ3n) is 3.99. The number of nitrogens with zero attached hydrogens (tertiary/aromatic N) is 1. The molecule has 7 heteroatoms. The van der Waals surface area contributed by atoms with Crippen LogP contribution in [0.25, 0.3) is 0 Å². The van der Waals surface area contributed by atoms with E-state index in [1.807, 2.05) is 12.1 Å². The van der Waals surface area contributed by atoms with Crippen molar-refractivity contribution in [1.82, 2.24) is 10.6 Å². The van der Waals surface area contributed by atoms with Gasteiger partial charge in [-0.1, -0.05) is 24.6 Å². The minimum atomic E-state index is -0.914. The highest BCUT2D eigenvalue weighted by Gasteiger charge is 2.11. The molecule has 0 amide bonds. The van der Waals surface area contributed by atoms with Crippen LogP contribution in [0.1, 0.15) is 37.7 Å². The Kier molecular flexibility index (Phi) is 7.94. The highest BCUT2D eigenvalue weighted by Crippen LogP contribution is 2.20. The predicted octanol–water partition coefficient (Wildman–Crippen LogP) is 3.68. The average molecular weight is 382 g/mol. The summed E-state index contributed by atoms with van der Waals surface area (Å²) in [6.45, 7) is 4.87. The van der Waals surface area contributed by atoms with Crippen molar-refractivity contribution in [2.75, 3.05) is 13.1 Å². The molecule has 3 N–H and O–H groups in total. The molecule has 0 fully saturated rings. The van der Waals surface area contributed by atoms with Gasteiger partial charge in [-0.15, -0.1) is 0 Å². The van der Waals surface area contributed by atoms with Gasteiger partial charge in [-0.05, 0) is 43.2 Å². The number of benzene rings is 1. The maximum Gasteiger partial charge on any atom is 0.191 e. The maximum atomic E-state index is 13.5. The molecule has 26 heavy (non-hydrogen) atoms. The fourth-order valence-electron chi connectivity index (χ4n) is 2.25. The van der Waals surface area contributed by atoms with E-state index in [0.29, 0.717) is 18.1 Å². The van der Waals surface area contributed by atoms with Gasteiger partial charge in [-0.2, -0.15) is 0 Å². The third-order valence-corrected chi connectivity index (χ3v) is 4.30. The number of hydrogen-bond donors (Lipinski definition) is 3. The van der Waals surface area contributed by atoms with Crippen molar-refractivity contribution >= 4 is 17.6 Å². The van der Waals surface area contributed by atoms with E-state index in [1.54, 1.807) is 12.3 Å². The largest absolute Gasteiger partial charge is 0.469 e. The summed E-state index contributed by atoms with van der Waals surface area (Å²) in [5.74, 6) is 0.929. The molecule has 2 unspecified atom stereocenters. The normalized spacial score (nSPS) is 14.1. The zero-order chi connectivity index (χ0) is 18.9. The van der Waals surface area contributed by atoms with Gasteiger partial charge in [0, 0.05) is 19.0 Å². The molecule has 0 aliphatic rings. The maximum absolute atomic E-state index is 13.5. The fourth-order valence-corrected chi connectivity index (χ4v) is 2.37. The number of guanidine groups is 1. The Labute approximate surface area is 158 Å². The van der Waals surface area contributed by atoms with Crippen LogP contribution < -0.4 is 10.6 Å². The lowest BCUT2D eigenvalue weighted by Gasteiger charge is -2.18. The van der Waals surface area contributed by atoms with Gasteiger partial charge in [0.1, 0.15) is 11.6 Å². The Balaban J connectivity index is 1.96. The number of hydrogen-bond acceptors (Lipinski definition) is 3. The first-order chi connectivity index (χ1) is 12.5. The van der Waals surface area contributed by atoms with E-state index in [1.165, 1.54) is 12.1 Å². The molecule has 0 aliphatic carbocycles. The molecule has 0 saturated carbocycles. The van der Waals surface area contributed by atoms with Crippen LogP contribution in [0, 0.1) is 5.82 Å². The molecular weight excluding hydrogens is 357 g/mol. The first-order valence-corrected chi connectivity index (χ1v) is 9.07. The number of aliphatic hydroxyl groups excluding tert-OH is 1. The van der Waals surface area contributed by atoms with Crippen LogP contribution in [0.5, 0.6) is 0 Å².